The third-order valence-electron chi connectivity index (χ3n) is 1.56. The molecule has 6 nitrogen and oxygen atoms in total. The predicted octanol–water partition coefficient (Wildman–Crippen LogP) is 0.0438. The zero-order chi connectivity index (χ0) is 10.6. The number of hydrogen-bond acceptors (Lipinski definition) is 5. The second-order valence-corrected chi connectivity index (χ2v) is 2.64. The monoisotopic (exact) mass is 197 g/mol. The summed E-state index contributed by atoms with van der Waals surface area (Å²) in [6.45, 7) is 3.33. The lowest BCUT2D eigenvalue weighted by atomic mass is 10.3. The molecule has 0 spiro atoms. The van der Waals surface area contributed by atoms with Crippen LogP contribution in [0.2, 0.25) is 0 Å². The average Bonchev–Trinajstić information content (AvgIpc) is 2.52. The Kier molecular flexibility index (Phi) is 3.33. The van der Waals surface area contributed by atoms with Gasteiger partial charge in [0, 0.05) is 6.92 Å². The van der Waals surface area contributed by atoms with Gasteiger partial charge in [0.15, 0.2) is 5.78 Å². The third-order valence-corrected chi connectivity index (χ3v) is 1.56. The Labute approximate surface area is 80.9 Å². The Morgan fingerprint density at radius 3 is 2.86 bits per heavy atom. The van der Waals surface area contributed by atoms with Crippen molar-refractivity contribution in [1.82, 2.24) is 15.0 Å². The van der Waals surface area contributed by atoms with Crippen molar-refractivity contribution < 1.29 is 14.3 Å². The molecule has 1 heterocycles. The van der Waals surface area contributed by atoms with Gasteiger partial charge in [0.05, 0.1) is 12.8 Å². The van der Waals surface area contributed by atoms with Crippen molar-refractivity contribution in [3.8, 4) is 0 Å². The Balaban J connectivity index is 2.71. The number of ketones is 1. The van der Waals surface area contributed by atoms with Gasteiger partial charge in [-0.3, -0.25) is 9.59 Å². The van der Waals surface area contributed by atoms with E-state index >= 15 is 0 Å². The number of ether oxygens (including phenoxy) is 1. The van der Waals surface area contributed by atoms with Crippen LogP contribution in [0.15, 0.2) is 6.20 Å². The Morgan fingerprint density at radius 1 is 1.57 bits per heavy atom. The molecule has 0 unspecified atom stereocenters. The fraction of sp³-hybridized carbons (Fsp3) is 0.500. The summed E-state index contributed by atoms with van der Waals surface area (Å²) in [5.41, 5.74) is 0.304. The number of esters is 1. The van der Waals surface area contributed by atoms with E-state index in [1.54, 1.807) is 6.92 Å². The summed E-state index contributed by atoms with van der Waals surface area (Å²) in [6.07, 6.45) is 1.32. The van der Waals surface area contributed by atoms with E-state index in [1.165, 1.54) is 17.8 Å². The van der Waals surface area contributed by atoms with E-state index in [1.807, 2.05) is 0 Å². The van der Waals surface area contributed by atoms with Gasteiger partial charge in [-0.1, -0.05) is 5.21 Å². The standard InChI is InChI=1S/C8H11N3O3/c1-3-14-8(13)5-11-7(6(2)12)4-9-10-11/h4H,3,5H2,1-2H3. The highest BCUT2D eigenvalue weighted by molar-refractivity contribution is 5.92. The van der Waals surface area contributed by atoms with Crippen molar-refractivity contribution in [2.75, 3.05) is 6.61 Å². The number of carbonyl (C=O) groups excluding carboxylic acids is 2. The number of aromatic nitrogens is 3. The van der Waals surface area contributed by atoms with Crippen molar-refractivity contribution in [1.29, 1.82) is 0 Å². The van der Waals surface area contributed by atoms with Crippen molar-refractivity contribution in [3.63, 3.8) is 0 Å². The number of hydrogen-bond donors (Lipinski definition) is 0. The molecule has 0 radical (unpaired) electrons. The van der Waals surface area contributed by atoms with E-state index in [9.17, 15) is 9.59 Å². The lowest BCUT2D eigenvalue weighted by Crippen LogP contribution is -2.17. The zero-order valence-electron chi connectivity index (χ0n) is 8.06. The molecule has 0 aromatic carbocycles. The molecule has 0 atom stereocenters. The molecule has 0 bridgehead atoms. The normalized spacial score (nSPS) is 9.86. The fourth-order valence-electron chi connectivity index (χ4n) is 0.976. The van der Waals surface area contributed by atoms with E-state index in [4.69, 9.17) is 4.74 Å². The molecular weight excluding hydrogens is 186 g/mol. The van der Waals surface area contributed by atoms with Crippen LogP contribution in [0.25, 0.3) is 0 Å². The summed E-state index contributed by atoms with van der Waals surface area (Å²) in [5, 5.41) is 7.15. The minimum Gasteiger partial charge on any atom is -0.465 e. The lowest BCUT2D eigenvalue weighted by molar-refractivity contribution is -0.144. The van der Waals surface area contributed by atoms with Crippen LogP contribution in [0.1, 0.15) is 24.3 Å². The summed E-state index contributed by atoms with van der Waals surface area (Å²) < 4.78 is 5.93. The lowest BCUT2D eigenvalue weighted by Gasteiger charge is -2.02. The quantitative estimate of drug-likeness (QED) is 0.503. The highest BCUT2D eigenvalue weighted by Crippen LogP contribution is 1.97. The molecular formula is C8H11N3O3. The summed E-state index contributed by atoms with van der Waals surface area (Å²) in [6, 6.07) is 0. The summed E-state index contributed by atoms with van der Waals surface area (Å²) >= 11 is 0. The highest BCUT2D eigenvalue weighted by atomic mass is 16.5. The van der Waals surface area contributed by atoms with Crippen LogP contribution < -0.4 is 0 Å². The summed E-state index contributed by atoms with van der Waals surface area (Å²) in [5.74, 6) is -0.611. The first-order chi connectivity index (χ1) is 6.65. The van der Waals surface area contributed by atoms with Crippen LogP contribution in [0.3, 0.4) is 0 Å². The molecule has 0 aliphatic heterocycles. The molecule has 1 rings (SSSR count). The molecule has 0 aliphatic rings. The first-order valence-electron chi connectivity index (χ1n) is 4.20. The maximum absolute atomic E-state index is 11.1. The number of Topliss-reactive ketones (excluding diaryl/α,β-unsaturated/α-hetero) is 1. The predicted molar refractivity (Wildman–Crippen MR) is 46.7 cm³/mol. The second kappa shape index (κ2) is 4.50. The van der Waals surface area contributed by atoms with Crippen molar-refractivity contribution in [2.24, 2.45) is 0 Å². The summed E-state index contributed by atoms with van der Waals surface area (Å²) in [7, 11) is 0. The molecule has 14 heavy (non-hydrogen) atoms. The molecule has 0 aliphatic carbocycles. The van der Waals surface area contributed by atoms with Gasteiger partial charge in [-0.05, 0) is 6.92 Å². The molecule has 76 valence electrons. The first-order valence-corrected chi connectivity index (χ1v) is 4.20. The van der Waals surface area contributed by atoms with Crippen LogP contribution in [-0.4, -0.2) is 33.4 Å². The summed E-state index contributed by atoms with van der Waals surface area (Å²) in [4.78, 5) is 22.1. The minimum absolute atomic E-state index is 0.0806. The van der Waals surface area contributed by atoms with Crippen molar-refractivity contribution >= 4 is 11.8 Å². The van der Waals surface area contributed by atoms with Gasteiger partial charge in [-0.25, -0.2) is 4.68 Å². The molecule has 0 amide bonds. The van der Waals surface area contributed by atoms with Gasteiger partial charge in [0.1, 0.15) is 12.2 Å². The smallest absolute Gasteiger partial charge is 0.327 e. The van der Waals surface area contributed by atoms with Gasteiger partial charge in [0.25, 0.3) is 0 Å². The molecule has 1 aromatic rings. The topological polar surface area (TPSA) is 74.1 Å². The van der Waals surface area contributed by atoms with E-state index in [0.29, 0.717) is 12.3 Å². The number of nitrogens with zero attached hydrogens (tertiary/aromatic N) is 3. The largest absolute Gasteiger partial charge is 0.465 e. The Hall–Kier alpha value is -1.72. The van der Waals surface area contributed by atoms with Gasteiger partial charge in [-0.15, -0.1) is 5.10 Å². The van der Waals surface area contributed by atoms with Crippen molar-refractivity contribution in [3.05, 3.63) is 11.9 Å². The fourth-order valence-corrected chi connectivity index (χ4v) is 0.976. The zero-order valence-corrected chi connectivity index (χ0v) is 8.06. The van der Waals surface area contributed by atoms with Gasteiger partial charge in [-0.2, -0.15) is 0 Å². The van der Waals surface area contributed by atoms with Crippen molar-refractivity contribution in [2.45, 2.75) is 20.4 Å². The number of carbonyl (C=O) groups is 2. The third kappa shape index (κ3) is 2.38. The second-order valence-electron chi connectivity index (χ2n) is 2.64. The van der Waals surface area contributed by atoms with Crippen LogP contribution in [0.4, 0.5) is 0 Å². The van der Waals surface area contributed by atoms with Gasteiger partial charge in [0.2, 0.25) is 0 Å². The van der Waals surface area contributed by atoms with Crippen LogP contribution in [0.5, 0.6) is 0 Å². The SMILES string of the molecule is CCOC(=O)Cn1nncc1C(C)=O. The first kappa shape index (κ1) is 10.4. The van der Waals surface area contributed by atoms with E-state index < -0.39 is 5.97 Å². The molecule has 0 saturated heterocycles. The average molecular weight is 197 g/mol. The molecule has 0 fully saturated rings. The Bertz CT molecular complexity index is 345. The maximum Gasteiger partial charge on any atom is 0.327 e. The van der Waals surface area contributed by atoms with Crippen LogP contribution >= 0.6 is 0 Å². The van der Waals surface area contributed by atoms with Crippen LogP contribution in [-0.2, 0) is 16.1 Å². The molecule has 6 heteroatoms. The van der Waals surface area contributed by atoms with Gasteiger partial charge >= 0.3 is 5.97 Å². The molecule has 0 saturated carbocycles. The van der Waals surface area contributed by atoms with Crippen LogP contribution in [0, 0.1) is 0 Å². The molecule has 0 N–H and O–H groups in total. The highest BCUT2D eigenvalue weighted by Gasteiger charge is 2.12. The van der Waals surface area contributed by atoms with E-state index in [2.05, 4.69) is 10.3 Å². The van der Waals surface area contributed by atoms with E-state index in [0.717, 1.165) is 0 Å². The minimum atomic E-state index is -0.430. The number of rotatable bonds is 4. The Morgan fingerprint density at radius 2 is 2.29 bits per heavy atom. The molecule has 1 aromatic heterocycles. The maximum atomic E-state index is 11.1. The van der Waals surface area contributed by atoms with E-state index in [-0.39, 0.29) is 12.3 Å². The van der Waals surface area contributed by atoms with Gasteiger partial charge < -0.3 is 4.74 Å².